The van der Waals surface area contributed by atoms with Crippen molar-refractivity contribution < 1.29 is 19.1 Å². The van der Waals surface area contributed by atoms with E-state index < -0.39 is 30.0 Å². The number of carbonyl (C=O) groups is 3. The zero-order valence-corrected chi connectivity index (χ0v) is 20.6. The number of hydrogen-bond donors (Lipinski definition) is 2. The van der Waals surface area contributed by atoms with Gasteiger partial charge >= 0.3 is 6.09 Å². The van der Waals surface area contributed by atoms with Crippen molar-refractivity contribution in [3.8, 4) is 0 Å². The molecule has 1 aliphatic rings. The Morgan fingerprint density at radius 1 is 0.943 bits per heavy atom. The third-order valence-electron chi connectivity index (χ3n) is 6.00. The van der Waals surface area contributed by atoms with Crippen LogP contribution in [0.4, 0.5) is 4.79 Å². The second kappa shape index (κ2) is 11.2. The van der Waals surface area contributed by atoms with Gasteiger partial charge in [-0.05, 0) is 34.4 Å². The van der Waals surface area contributed by atoms with Crippen LogP contribution in [0.15, 0.2) is 83.3 Å². The molecule has 3 aromatic carbocycles. The van der Waals surface area contributed by atoms with Gasteiger partial charge < -0.3 is 15.8 Å². The first kappa shape index (κ1) is 24.5. The Hall–Kier alpha value is -3.65. The Labute approximate surface area is 212 Å². The molecule has 3 aromatic rings. The molecule has 4 rings (SSSR count). The second-order valence-electron chi connectivity index (χ2n) is 8.45. The zero-order chi connectivity index (χ0) is 24.8. The molecule has 1 aliphatic heterocycles. The number of fused-ring (bicyclic) bond motifs is 1. The summed E-state index contributed by atoms with van der Waals surface area (Å²) in [6.45, 7) is 0.329. The number of nitrogens with one attached hydrogen (secondary N) is 1. The summed E-state index contributed by atoms with van der Waals surface area (Å²) in [4.78, 5) is 40.0. The molecule has 35 heavy (non-hydrogen) atoms. The molecule has 7 nitrogen and oxygen atoms in total. The van der Waals surface area contributed by atoms with Crippen LogP contribution in [0.1, 0.15) is 22.3 Å². The largest absolute Gasteiger partial charge is 0.445 e. The van der Waals surface area contributed by atoms with Crippen LogP contribution in [0.25, 0.3) is 0 Å². The number of halogens is 1. The maximum Gasteiger partial charge on any atom is 0.411 e. The quantitative estimate of drug-likeness (QED) is 0.481. The van der Waals surface area contributed by atoms with Crippen LogP contribution in [0.3, 0.4) is 0 Å². The fraction of sp³-hybridized carbons (Fsp3) is 0.222. The summed E-state index contributed by atoms with van der Waals surface area (Å²) in [6.07, 6.45) is -0.0328. The molecule has 0 radical (unpaired) electrons. The van der Waals surface area contributed by atoms with Gasteiger partial charge in [-0.15, -0.1) is 0 Å². The van der Waals surface area contributed by atoms with Crippen molar-refractivity contribution in [1.29, 1.82) is 0 Å². The van der Waals surface area contributed by atoms with Gasteiger partial charge in [0.1, 0.15) is 18.7 Å². The highest BCUT2D eigenvalue weighted by molar-refractivity contribution is 9.10. The molecule has 180 valence electrons. The van der Waals surface area contributed by atoms with Crippen molar-refractivity contribution >= 4 is 33.8 Å². The van der Waals surface area contributed by atoms with Crippen LogP contribution in [-0.4, -0.2) is 34.9 Å². The lowest BCUT2D eigenvalue weighted by molar-refractivity contribution is -0.131. The van der Waals surface area contributed by atoms with Crippen LogP contribution in [0, 0.1) is 0 Å². The molecule has 0 aromatic heterocycles. The van der Waals surface area contributed by atoms with E-state index >= 15 is 0 Å². The number of benzene rings is 3. The summed E-state index contributed by atoms with van der Waals surface area (Å²) in [7, 11) is 0. The SMILES string of the molecule is NC(=O)[C@@H](Cc1ccc(Br)cc1)NC(=O)[C@@H]1Cc2ccccc2CN1C(=O)OCc1ccccc1. The third-order valence-corrected chi connectivity index (χ3v) is 6.53. The fourth-order valence-electron chi connectivity index (χ4n) is 4.10. The van der Waals surface area contributed by atoms with E-state index in [1.165, 1.54) is 4.90 Å². The van der Waals surface area contributed by atoms with Crippen molar-refractivity contribution in [3.63, 3.8) is 0 Å². The van der Waals surface area contributed by atoms with Gasteiger partial charge in [0.25, 0.3) is 0 Å². The summed E-state index contributed by atoms with van der Waals surface area (Å²) in [5, 5.41) is 2.76. The smallest absolute Gasteiger partial charge is 0.411 e. The Morgan fingerprint density at radius 3 is 2.29 bits per heavy atom. The van der Waals surface area contributed by atoms with Crippen LogP contribution in [-0.2, 0) is 40.3 Å². The molecule has 0 unspecified atom stereocenters. The highest BCUT2D eigenvalue weighted by Gasteiger charge is 2.37. The minimum Gasteiger partial charge on any atom is -0.445 e. The molecular formula is C27H26BrN3O4. The summed E-state index contributed by atoms with van der Waals surface area (Å²) < 4.78 is 6.44. The molecule has 8 heteroatoms. The first-order valence-corrected chi connectivity index (χ1v) is 12.1. The van der Waals surface area contributed by atoms with Gasteiger partial charge in [0, 0.05) is 17.3 Å². The molecule has 2 atom stereocenters. The molecule has 0 aliphatic carbocycles. The first-order valence-electron chi connectivity index (χ1n) is 11.3. The molecule has 0 saturated heterocycles. The van der Waals surface area contributed by atoms with Crippen LogP contribution < -0.4 is 11.1 Å². The van der Waals surface area contributed by atoms with Crippen LogP contribution in [0.5, 0.6) is 0 Å². The summed E-state index contributed by atoms with van der Waals surface area (Å²) >= 11 is 3.38. The summed E-state index contributed by atoms with van der Waals surface area (Å²) in [6, 6.07) is 22.7. The number of primary amides is 1. The lowest BCUT2D eigenvalue weighted by Gasteiger charge is -2.35. The number of carbonyl (C=O) groups excluding carboxylic acids is 3. The molecule has 0 spiro atoms. The van der Waals surface area contributed by atoms with Crippen LogP contribution >= 0.6 is 15.9 Å². The molecule has 3 N–H and O–H groups in total. The normalized spacial score (nSPS) is 15.6. The van der Waals surface area contributed by atoms with Crippen molar-refractivity contribution in [3.05, 3.63) is 106 Å². The number of amides is 3. The predicted octanol–water partition coefficient (Wildman–Crippen LogP) is 3.73. The Kier molecular flexibility index (Phi) is 7.82. The maximum atomic E-state index is 13.4. The van der Waals surface area contributed by atoms with E-state index in [9.17, 15) is 14.4 Å². The second-order valence-corrected chi connectivity index (χ2v) is 9.37. The van der Waals surface area contributed by atoms with Gasteiger partial charge in [0.2, 0.25) is 11.8 Å². The van der Waals surface area contributed by atoms with E-state index in [1.54, 1.807) is 0 Å². The van der Waals surface area contributed by atoms with Gasteiger partial charge in [0.05, 0.1) is 6.54 Å². The van der Waals surface area contributed by atoms with E-state index in [2.05, 4.69) is 21.2 Å². The van der Waals surface area contributed by atoms with E-state index in [-0.39, 0.29) is 19.6 Å². The Morgan fingerprint density at radius 2 is 1.60 bits per heavy atom. The van der Waals surface area contributed by atoms with E-state index in [0.29, 0.717) is 6.42 Å². The third kappa shape index (κ3) is 6.27. The molecule has 0 fully saturated rings. The van der Waals surface area contributed by atoms with Crippen molar-refractivity contribution in [2.45, 2.75) is 38.1 Å². The number of nitrogens with zero attached hydrogens (tertiary/aromatic N) is 1. The van der Waals surface area contributed by atoms with Gasteiger partial charge in [-0.3, -0.25) is 14.5 Å². The Balaban J connectivity index is 1.51. The fourth-order valence-corrected chi connectivity index (χ4v) is 4.36. The summed E-state index contributed by atoms with van der Waals surface area (Å²) in [5.74, 6) is -1.09. The van der Waals surface area contributed by atoms with Crippen molar-refractivity contribution in [1.82, 2.24) is 10.2 Å². The van der Waals surface area contributed by atoms with Gasteiger partial charge in [-0.2, -0.15) is 0 Å². The average Bonchev–Trinajstić information content (AvgIpc) is 2.87. The average molecular weight is 536 g/mol. The minimum atomic E-state index is -0.914. The molecule has 0 bridgehead atoms. The van der Waals surface area contributed by atoms with E-state index in [0.717, 1.165) is 26.7 Å². The standard InChI is InChI=1S/C27H26BrN3O4/c28-22-12-10-18(11-13-22)14-23(25(29)32)30-26(33)24-15-20-8-4-5-9-21(20)16-31(24)27(34)35-17-19-6-2-1-3-7-19/h1-13,23-24H,14-17H2,(H2,29,32)(H,30,33)/t23-,24+/m1/s1. The lowest BCUT2D eigenvalue weighted by Crippen LogP contribution is -2.56. The number of rotatable bonds is 7. The molecule has 3 amide bonds. The maximum absolute atomic E-state index is 13.4. The lowest BCUT2D eigenvalue weighted by atomic mass is 9.93. The topological polar surface area (TPSA) is 102 Å². The number of ether oxygens (including phenoxy) is 1. The number of hydrogen-bond acceptors (Lipinski definition) is 4. The van der Waals surface area contributed by atoms with E-state index in [4.69, 9.17) is 10.5 Å². The van der Waals surface area contributed by atoms with Crippen LogP contribution in [0.2, 0.25) is 0 Å². The van der Waals surface area contributed by atoms with Gasteiger partial charge in [-0.25, -0.2) is 4.79 Å². The molecule has 0 saturated carbocycles. The molecular weight excluding hydrogens is 510 g/mol. The van der Waals surface area contributed by atoms with Crippen molar-refractivity contribution in [2.24, 2.45) is 5.73 Å². The van der Waals surface area contributed by atoms with Gasteiger partial charge in [0.15, 0.2) is 0 Å². The monoisotopic (exact) mass is 535 g/mol. The highest BCUT2D eigenvalue weighted by atomic mass is 79.9. The number of nitrogens with two attached hydrogens (primary N) is 1. The predicted molar refractivity (Wildman–Crippen MR) is 135 cm³/mol. The van der Waals surface area contributed by atoms with Crippen molar-refractivity contribution in [2.75, 3.05) is 0 Å². The Bertz CT molecular complexity index is 1200. The highest BCUT2D eigenvalue weighted by Crippen LogP contribution is 2.25. The summed E-state index contributed by atoms with van der Waals surface area (Å²) in [5.41, 5.74) is 9.24. The van der Waals surface area contributed by atoms with Gasteiger partial charge in [-0.1, -0.05) is 82.7 Å². The zero-order valence-electron chi connectivity index (χ0n) is 19.0. The minimum absolute atomic E-state index is 0.0969. The molecule has 1 heterocycles. The first-order chi connectivity index (χ1) is 16.9. The van der Waals surface area contributed by atoms with E-state index in [1.807, 2.05) is 78.9 Å².